The Morgan fingerprint density at radius 2 is 1.52 bits per heavy atom. The quantitative estimate of drug-likeness (QED) is 0.597. The van der Waals surface area contributed by atoms with Crippen molar-refractivity contribution in [1.82, 2.24) is 4.90 Å². The van der Waals surface area contributed by atoms with Gasteiger partial charge in [-0.05, 0) is 25.7 Å². The zero-order chi connectivity index (χ0) is 14.9. The molecular weight excluding hydrogens is 266 g/mol. The maximum absolute atomic E-state index is 13.0. The molecule has 0 aromatic carbocycles. The highest BCUT2D eigenvalue weighted by Crippen LogP contribution is 2.45. The minimum Gasteiger partial charge on any atom is -0.391 e. The third-order valence-electron chi connectivity index (χ3n) is 5.77. The molecule has 21 heavy (non-hydrogen) atoms. The number of rotatable bonds is 1. The summed E-state index contributed by atoms with van der Waals surface area (Å²) in [5, 5.41) is 10.3. The van der Waals surface area contributed by atoms with Gasteiger partial charge in [-0.1, -0.05) is 44.9 Å². The van der Waals surface area contributed by atoms with E-state index in [1.165, 1.54) is 17.7 Å². The van der Waals surface area contributed by atoms with Gasteiger partial charge in [-0.3, -0.25) is 14.5 Å². The lowest BCUT2D eigenvalue weighted by Crippen LogP contribution is -2.48. The number of likely N-dealkylation sites (tertiary alicyclic amines) is 1. The molecule has 0 aromatic heterocycles. The van der Waals surface area contributed by atoms with Gasteiger partial charge in [0, 0.05) is 6.42 Å². The van der Waals surface area contributed by atoms with E-state index in [9.17, 15) is 14.7 Å². The summed E-state index contributed by atoms with van der Waals surface area (Å²) in [5.74, 6) is -0.00630. The fraction of sp³-hybridized carbons (Fsp3) is 0.882. The van der Waals surface area contributed by atoms with E-state index in [1.54, 1.807) is 0 Å². The summed E-state index contributed by atoms with van der Waals surface area (Å²) in [4.78, 5) is 27.0. The van der Waals surface area contributed by atoms with Gasteiger partial charge >= 0.3 is 0 Å². The first-order valence-corrected chi connectivity index (χ1v) is 8.69. The summed E-state index contributed by atoms with van der Waals surface area (Å²) in [6.45, 7) is 0. The highest BCUT2D eigenvalue weighted by molar-refractivity contribution is 6.06. The minimum absolute atomic E-state index is 0.0281. The average Bonchev–Trinajstić information content (AvgIpc) is 2.70. The highest BCUT2D eigenvalue weighted by Gasteiger charge is 2.53. The molecule has 1 heterocycles. The van der Waals surface area contributed by atoms with Crippen molar-refractivity contribution in [2.75, 3.05) is 0 Å². The van der Waals surface area contributed by atoms with Gasteiger partial charge in [0.1, 0.15) is 0 Å². The molecule has 0 radical (unpaired) electrons. The van der Waals surface area contributed by atoms with Crippen LogP contribution in [0.25, 0.3) is 0 Å². The lowest BCUT2D eigenvalue weighted by atomic mass is 9.79. The molecule has 3 aliphatic rings. The maximum Gasteiger partial charge on any atom is 0.236 e. The van der Waals surface area contributed by atoms with Crippen LogP contribution in [-0.4, -0.2) is 34.0 Å². The normalized spacial score (nSPS) is 34.0. The number of hydrogen-bond acceptors (Lipinski definition) is 3. The monoisotopic (exact) mass is 293 g/mol. The Kier molecular flexibility index (Phi) is 4.34. The summed E-state index contributed by atoms with van der Waals surface area (Å²) in [6, 6.07) is -0.268. The first-order chi connectivity index (χ1) is 10.1. The van der Waals surface area contributed by atoms with Crippen LogP contribution >= 0.6 is 0 Å². The number of aliphatic hydroxyl groups is 1. The van der Waals surface area contributed by atoms with Gasteiger partial charge in [0.2, 0.25) is 11.8 Å². The van der Waals surface area contributed by atoms with Crippen LogP contribution in [0.1, 0.15) is 77.0 Å². The average molecular weight is 293 g/mol. The number of imide groups is 1. The van der Waals surface area contributed by atoms with Crippen LogP contribution in [0.3, 0.4) is 0 Å². The predicted octanol–water partition coefficient (Wildman–Crippen LogP) is 2.78. The van der Waals surface area contributed by atoms with Crippen molar-refractivity contribution in [3.05, 3.63) is 0 Å². The third kappa shape index (κ3) is 2.75. The van der Waals surface area contributed by atoms with Crippen LogP contribution in [0, 0.1) is 5.41 Å². The molecule has 2 unspecified atom stereocenters. The summed E-state index contributed by atoms with van der Waals surface area (Å²) in [5.41, 5.74) is -0.431. The molecular formula is C17H27NO3. The van der Waals surface area contributed by atoms with Crippen molar-refractivity contribution < 1.29 is 14.7 Å². The van der Waals surface area contributed by atoms with Crippen molar-refractivity contribution >= 4 is 11.8 Å². The van der Waals surface area contributed by atoms with Crippen molar-refractivity contribution in [1.29, 1.82) is 0 Å². The van der Waals surface area contributed by atoms with E-state index in [4.69, 9.17) is 0 Å². The molecule has 2 amide bonds. The highest BCUT2D eigenvalue weighted by atomic mass is 16.3. The van der Waals surface area contributed by atoms with Gasteiger partial charge in [0.15, 0.2) is 0 Å². The van der Waals surface area contributed by atoms with Gasteiger partial charge in [0.05, 0.1) is 17.6 Å². The molecule has 1 spiro atoms. The Morgan fingerprint density at radius 3 is 2.24 bits per heavy atom. The molecule has 3 rings (SSSR count). The van der Waals surface area contributed by atoms with Crippen molar-refractivity contribution in [2.45, 2.75) is 89.2 Å². The summed E-state index contributed by atoms with van der Waals surface area (Å²) >= 11 is 0. The third-order valence-corrected chi connectivity index (χ3v) is 5.77. The number of aliphatic hydroxyl groups excluding tert-OH is 1. The zero-order valence-corrected chi connectivity index (χ0v) is 12.9. The smallest absolute Gasteiger partial charge is 0.236 e. The summed E-state index contributed by atoms with van der Waals surface area (Å²) in [7, 11) is 0. The molecule has 1 N–H and O–H groups in total. The van der Waals surface area contributed by atoms with Crippen LogP contribution in [0.2, 0.25) is 0 Å². The van der Waals surface area contributed by atoms with E-state index in [0.717, 1.165) is 51.4 Å². The van der Waals surface area contributed by atoms with E-state index < -0.39 is 11.5 Å². The lowest BCUT2D eigenvalue weighted by Gasteiger charge is -2.31. The topological polar surface area (TPSA) is 57.6 Å². The van der Waals surface area contributed by atoms with Crippen molar-refractivity contribution in [2.24, 2.45) is 5.41 Å². The summed E-state index contributed by atoms with van der Waals surface area (Å²) < 4.78 is 0. The fourth-order valence-electron chi connectivity index (χ4n) is 4.52. The predicted molar refractivity (Wildman–Crippen MR) is 79.5 cm³/mol. The standard InChI is InChI=1S/C17H27NO3/c19-14-9-5-3-4-8-13(14)18-15(20)12-17(16(18)21)10-6-1-2-7-11-17/h13-14,19H,1-12H2. The van der Waals surface area contributed by atoms with Gasteiger partial charge in [-0.25, -0.2) is 0 Å². The Bertz CT molecular complexity index is 412. The number of nitrogens with zero attached hydrogens (tertiary/aromatic N) is 1. The molecule has 4 nitrogen and oxygen atoms in total. The second-order valence-electron chi connectivity index (χ2n) is 7.21. The van der Waals surface area contributed by atoms with E-state index >= 15 is 0 Å². The first-order valence-electron chi connectivity index (χ1n) is 8.69. The van der Waals surface area contributed by atoms with Gasteiger partial charge in [-0.15, -0.1) is 0 Å². The van der Waals surface area contributed by atoms with E-state index in [-0.39, 0.29) is 17.9 Å². The van der Waals surface area contributed by atoms with Crippen LogP contribution < -0.4 is 0 Å². The Balaban J connectivity index is 1.82. The second kappa shape index (κ2) is 6.07. The van der Waals surface area contributed by atoms with E-state index in [0.29, 0.717) is 12.8 Å². The van der Waals surface area contributed by atoms with Gasteiger partial charge in [-0.2, -0.15) is 0 Å². The maximum atomic E-state index is 13.0. The molecule has 2 atom stereocenters. The second-order valence-corrected chi connectivity index (χ2v) is 7.21. The number of amides is 2. The number of carbonyl (C=O) groups excluding carboxylic acids is 2. The molecule has 118 valence electrons. The van der Waals surface area contributed by atoms with Crippen LogP contribution in [0.4, 0.5) is 0 Å². The summed E-state index contributed by atoms with van der Waals surface area (Å²) in [6.07, 6.45) is 10.6. The molecule has 2 aliphatic carbocycles. The molecule has 0 aromatic rings. The Morgan fingerprint density at radius 1 is 0.905 bits per heavy atom. The number of carbonyl (C=O) groups is 2. The van der Waals surface area contributed by atoms with Crippen LogP contribution in [-0.2, 0) is 9.59 Å². The largest absolute Gasteiger partial charge is 0.391 e. The first kappa shape index (κ1) is 15.0. The van der Waals surface area contributed by atoms with Gasteiger partial charge < -0.3 is 5.11 Å². The van der Waals surface area contributed by atoms with Crippen molar-refractivity contribution in [3.8, 4) is 0 Å². The zero-order valence-electron chi connectivity index (χ0n) is 12.9. The lowest BCUT2D eigenvalue weighted by molar-refractivity contribution is -0.147. The molecule has 3 fully saturated rings. The molecule has 0 bridgehead atoms. The fourth-order valence-corrected chi connectivity index (χ4v) is 4.52. The van der Waals surface area contributed by atoms with E-state index in [1.807, 2.05) is 0 Å². The van der Waals surface area contributed by atoms with Crippen molar-refractivity contribution in [3.63, 3.8) is 0 Å². The molecule has 2 saturated carbocycles. The van der Waals surface area contributed by atoms with Crippen LogP contribution in [0.15, 0.2) is 0 Å². The SMILES string of the molecule is O=C1CC2(CCCCCC2)C(=O)N1C1CCCCCC1O. The number of hydrogen-bond donors (Lipinski definition) is 1. The molecule has 1 aliphatic heterocycles. The van der Waals surface area contributed by atoms with E-state index in [2.05, 4.69) is 0 Å². The Hall–Kier alpha value is -0.900. The molecule has 4 heteroatoms. The molecule has 1 saturated heterocycles. The minimum atomic E-state index is -0.527. The van der Waals surface area contributed by atoms with Crippen LogP contribution in [0.5, 0.6) is 0 Å². The Labute approximate surface area is 126 Å². The van der Waals surface area contributed by atoms with Gasteiger partial charge in [0.25, 0.3) is 0 Å².